The number of hydrogen-bond donors (Lipinski definition) is 3. The number of nitrogens with zero attached hydrogens (tertiary/aromatic N) is 1. The lowest BCUT2D eigenvalue weighted by Gasteiger charge is -2.22. The normalized spacial score (nSPS) is 14.2. The minimum absolute atomic E-state index is 0.541. The molecular formula is C12H21N3O. The van der Waals surface area contributed by atoms with Crippen molar-refractivity contribution in [2.75, 3.05) is 23.7 Å². The molecule has 0 aliphatic carbocycles. The quantitative estimate of drug-likeness (QED) is 0.691. The highest BCUT2D eigenvalue weighted by atomic mass is 16.3. The summed E-state index contributed by atoms with van der Waals surface area (Å²) in [4.78, 5) is 4.18. The molecule has 1 aromatic rings. The Kier molecular flexibility index (Phi) is 4.55. The molecule has 0 radical (unpaired) electrons. The third kappa shape index (κ3) is 4.06. The molecule has 0 amide bonds. The van der Waals surface area contributed by atoms with E-state index in [0.29, 0.717) is 6.54 Å². The van der Waals surface area contributed by atoms with Crippen LogP contribution in [0.15, 0.2) is 18.3 Å². The fourth-order valence-corrected chi connectivity index (χ4v) is 1.24. The van der Waals surface area contributed by atoms with E-state index in [1.54, 1.807) is 6.20 Å². The summed E-state index contributed by atoms with van der Waals surface area (Å²) in [5.41, 5.74) is 0.307. The van der Waals surface area contributed by atoms with Crippen LogP contribution in [-0.2, 0) is 0 Å². The molecule has 0 saturated carbocycles. The van der Waals surface area contributed by atoms with Gasteiger partial charge in [0.2, 0.25) is 0 Å². The molecule has 0 saturated heterocycles. The fraction of sp³-hybridized carbons (Fsp3) is 0.583. The summed E-state index contributed by atoms with van der Waals surface area (Å²) >= 11 is 0. The first-order valence-corrected chi connectivity index (χ1v) is 5.73. The Morgan fingerprint density at radius 3 is 2.75 bits per heavy atom. The van der Waals surface area contributed by atoms with E-state index in [2.05, 4.69) is 15.6 Å². The maximum Gasteiger partial charge on any atom is 0.127 e. The van der Waals surface area contributed by atoms with E-state index < -0.39 is 5.60 Å². The van der Waals surface area contributed by atoms with Crippen molar-refractivity contribution < 1.29 is 5.11 Å². The Balaban J connectivity index is 2.57. The second-order valence-electron chi connectivity index (χ2n) is 4.16. The van der Waals surface area contributed by atoms with Gasteiger partial charge in [-0.1, -0.05) is 6.92 Å². The summed E-state index contributed by atoms with van der Waals surface area (Å²) in [7, 11) is 0. The maximum absolute atomic E-state index is 9.86. The van der Waals surface area contributed by atoms with Gasteiger partial charge in [0.15, 0.2) is 0 Å². The van der Waals surface area contributed by atoms with Gasteiger partial charge in [0, 0.05) is 31.0 Å². The van der Waals surface area contributed by atoms with Crippen LogP contribution in [0.2, 0.25) is 0 Å². The smallest absolute Gasteiger partial charge is 0.127 e. The first-order valence-electron chi connectivity index (χ1n) is 5.73. The zero-order chi connectivity index (χ0) is 12.0. The summed E-state index contributed by atoms with van der Waals surface area (Å²) in [6.07, 6.45) is 2.48. The molecule has 0 bridgehead atoms. The molecule has 4 nitrogen and oxygen atoms in total. The first-order chi connectivity index (χ1) is 7.57. The Hall–Kier alpha value is -1.29. The van der Waals surface area contributed by atoms with Crippen molar-refractivity contribution in [3.63, 3.8) is 0 Å². The Labute approximate surface area is 97.1 Å². The molecule has 0 aliphatic rings. The third-order valence-electron chi connectivity index (χ3n) is 2.55. The number of nitrogens with one attached hydrogen (secondary N) is 2. The zero-order valence-electron chi connectivity index (χ0n) is 10.2. The van der Waals surface area contributed by atoms with Crippen LogP contribution in [0.1, 0.15) is 27.2 Å². The second-order valence-corrected chi connectivity index (χ2v) is 4.16. The van der Waals surface area contributed by atoms with Crippen LogP contribution < -0.4 is 10.6 Å². The van der Waals surface area contributed by atoms with Gasteiger partial charge in [-0.05, 0) is 26.3 Å². The summed E-state index contributed by atoms with van der Waals surface area (Å²) in [5.74, 6) is 0.851. The van der Waals surface area contributed by atoms with Crippen LogP contribution in [0.4, 0.5) is 11.5 Å². The van der Waals surface area contributed by atoms with Crippen molar-refractivity contribution in [2.45, 2.75) is 32.8 Å². The fourth-order valence-electron chi connectivity index (χ4n) is 1.24. The average molecular weight is 223 g/mol. The van der Waals surface area contributed by atoms with Crippen molar-refractivity contribution in [3.8, 4) is 0 Å². The standard InChI is InChI=1S/C12H21N3O/c1-4-12(3,16)9-15-10-6-7-14-11(8-10)13-5-2/h6-8,16H,4-5,9H2,1-3H3,(H2,13,14,15). The third-order valence-corrected chi connectivity index (χ3v) is 2.55. The number of anilines is 2. The predicted octanol–water partition coefficient (Wildman–Crippen LogP) is 2.09. The van der Waals surface area contributed by atoms with Gasteiger partial charge in [-0.2, -0.15) is 0 Å². The van der Waals surface area contributed by atoms with E-state index in [4.69, 9.17) is 0 Å². The molecule has 4 heteroatoms. The number of pyridine rings is 1. The molecule has 1 heterocycles. The van der Waals surface area contributed by atoms with Gasteiger partial charge in [0.25, 0.3) is 0 Å². The lowest BCUT2D eigenvalue weighted by atomic mass is 10.0. The molecule has 16 heavy (non-hydrogen) atoms. The van der Waals surface area contributed by atoms with E-state index >= 15 is 0 Å². The molecule has 0 spiro atoms. The highest BCUT2D eigenvalue weighted by molar-refractivity contribution is 5.51. The molecule has 1 aromatic heterocycles. The lowest BCUT2D eigenvalue weighted by molar-refractivity contribution is 0.0697. The number of aliphatic hydroxyl groups is 1. The average Bonchev–Trinajstić information content (AvgIpc) is 2.28. The maximum atomic E-state index is 9.86. The minimum Gasteiger partial charge on any atom is -0.388 e. The van der Waals surface area contributed by atoms with Crippen LogP contribution in [-0.4, -0.2) is 28.8 Å². The molecule has 90 valence electrons. The molecule has 1 atom stereocenters. The summed E-state index contributed by atoms with van der Waals surface area (Å²) in [6.45, 7) is 7.22. The predicted molar refractivity (Wildman–Crippen MR) is 67.8 cm³/mol. The van der Waals surface area contributed by atoms with Crippen LogP contribution in [0.3, 0.4) is 0 Å². The molecule has 0 fully saturated rings. The van der Waals surface area contributed by atoms with Crippen LogP contribution in [0.25, 0.3) is 0 Å². The lowest BCUT2D eigenvalue weighted by Crippen LogP contribution is -2.32. The molecule has 0 aromatic carbocycles. The van der Waals surface area contributed by atoms with Gasteiger partial charge < -0.3 is 15.7 Å². The summed E-state index contributed by atoms with van der Waals surface area (Å²) in [6, 6.07) is 3.84. The van der Waals surface area contributed by atoms with Gasteiger partial charge in [0.05, 0.1) is 5.60 Å². The van der Waals surface area contributed by atoms with Gasteiger partial charge in [0.1, 0.15) is 5.82 Å². The molecule has 1 unspecified atom stereocenters. The highest BCUT2D eigenvalue weighted by Gasteiger charge is 2.16. The van der Waals surface area contributed by atoms with Gasteiger partial charge in [-0.15, -0.1) is 0 Å². The summed E-state index contributed by atoms with van der Waals surface area (Å²) < 4.78 is 0. The number of rotatable bonds is 6. The minimum atomic E-state index is -0.665. The van der Waals surface area contributed by atoms with E-state index in [1.807, 2.05) is 32.9 Å². The van der Waals surface area contributed by atoms with Gasteiger partial charge in [-0.25, -0.2) is 4.98 Å². The van der Waals surface area contributed by atoms with Crippen LogP contribution in [0, 0.1) is 0 Å². The molecular weight excluding hydrogens is 202 g/mol. The molecule has 3 N–H and O–H groups in total. The van der Waals surface area contributed by atoms with Crippen molar-refractivity contribution in [3.05, 3.63) is 18.3 Å². The number of hydrogen-bond acceptors (Lipinski definition) is 4. The van der Waals surface area contributed by atoms with Crippen LogP contribution >= 0.6 is 0 Å². The van der Waals surface area contributed by atoms with Crippen molar-refractivity contribution in [2.24, 2.45) is 0 Å². The van der Waals surface area contributed by atoms with Crippen molar-refractivity contribution >= 4 is 11.5 Å². The van der Waals surface area contributed by atoms with Gasteiger partial charge >= 0.3 is 0 Å². The van der Waals surface area contributed by atoms with Crippen LogP contribution in [0.5, 0.6) is 0 Å². The monoisotopic (exact) mass is 223 g/mol. The largest absolute Gasteiger partial charge is 0.388 e. The Morgan fingerprint density at radius 2 is 2.12 bits per heavy atom. The Morgan fingerprint density at radius 1 is 1.38 bits per heavy atom. The molecule has 1 rings (SSSR count). The van der Waals surface area contributed by atoms with E-state index in [-0.39, 0.29) is 0 Å². The second kappa shape index (κ2) is 5.70. The zero-order valence-corrected chi connectivity index (χ0v) is 10.2. The SMILES string of the molecule is CCNc1cc(NCC(C)(O)CC)ccn1. The van der Waals surface area contributed by atoms with Crippen molar-refractivity contribution in [1.82, 2.24) is 4.98 Å². The summed E-state index contributed by atoms with van der Waals surface area (Å²) in [5, 5.41) is 16.2. The molecule has 0 aliphatic heterocycles. The number of aromatic nitrogens is 1. The van der Waals surface area contributed by atoms with E-state index in [1.165, 1.54) is 0 Å². The Bertz CT molecular complexity index is 326. The first kappa shape index (κ1) is 12.8. The topological polar surface area (TPSA) is 57.2 Å². The highest BCUT2D eigenvalue weighted by Crippen LogP contribution is 2.14. The van der Waals surface area contributed by atoms with E-state index in [0.717, 1.165) is 24.5 Å². The van der Waals surface area contributed by atoms with Crippen molar-refractivity contribution in [1.29, 1.82) is 0 Å². The van der Waals surface area contributed by atoms with E-state index in [9.17, 15) is 5.11 Å². The van der Waals surface area contributed by atoms with Gasteiger partial charge in [-0.3, -0.25) is 0 Å².